The highest BCUT2D eigenvalue weighted by Crippen LogP contribution is 2.18. The molecule has 2 aromatic carbocycles. The van der Waals surface area contributed by atoms with Crippen LogP contribution in [0, 0.1) is 5.92 Å². The first-order valence-corrected chi connectivity index (χ1v) is 10.0. The van der Waals surface area contributed by atoms with Crippen LogP contribution in [-0.4, -0.2) is 24.4 Å². The Morgan fingerprint density at radius 1 is 1.00 bits per heavy atom. The van der Waals surface area contributed by atoms with E-state index in [2.05, 4.69) is 34.9 Å². The molecule has 1 atom stereocenters. The van der Waals surface area contributed by atoms with E-state index in [9.17, 15) is 9.59 Å². The maximum atomic E-state index is 12.6. The van der Waals surface area contributed by atoms with Crippen molar-refractivity contribution in [1.29, 1.82) is 0 Å². The number of amides is 2. The summed E-state index contributed by atoms with van der Waals surface area (Å²) in [7, 11) is 0. The molecule has 0 aliphatic rings. The van der Waals surface area contributed by atoms with Crippen LogP contribution in [0.3, 0.4) is 0 Å². The molecule has 27 heavy (non-hydrogen) atoms. The van der Waals surface area contributed by atoms with Gasteiger partial charge in [-0.1, -0.05) is 62.4 Å². The van der Waals surface area contributed by atoms with Crippen LogP contribution in [0.15, 0.2) is 60.0 Å². The van der Waals surface area contributed by atoms with E-state index in [0.717, 1.165) is 6.42 Å². The van der Waals surface area contributed by atoms with Gasteiger partial charge in [0.2, 0.25) is 5.91 Å². The van der Waals surface area contributed by atoms with E-state index in [1.807, 2.05) is 43.5 Å². The minimum absolute atomic E-state index is 0.00599. The van der Waals surface area contributed by atoms with Gasteiger partial charge in [-0.15, -0.1) is 11.3 Å². The van der Waals surface area contributed by atoms with Gasteiger partial charge in [0.25, 0.3) is 5.91 Å². The average molecular weight is 381 g/mol. The molecule has 140 valence electrons. The summed E-state index contributed by atoms with van der Waals surface area (Å²) in [6, 6.07) is 17.5. The molecule has 0 bridgehead atoms. The molecular weight excluding hydrogens is 356 g/mol. The molecule has 3 aromatic rings. The second-order valence-corrected chi connectivity index (χ2v) is 7.80. The van der Waals surface area contributed by atoms with Gasteiger partial charge in [-0.2, -0.15) is 0 Å². The summed E-state index contributed by atoms with van der Waals surface area (Å²) in [5.41, 5.74) is 1.21. The smallest absolute Gasteiger partial charge is 0.262 e. The molecule has 0 fully saturated rings. The van der Waals surface area contributed by atoms with Crippen LogP contribution in [0.25, 0.3) is 10.8 Å². The van der Waals surface area contributed by atoms with Gasteiger partial charge in [0.1, 0.15) is 6.04 Å². The Bertz CT molecular complexity index is 914. The highest BCUT2D eigenvalue weighted by atomic mass is 32.1. The maximum Gasteiger partial charge on any atom is 0.262 e. The van der Waals surface area contributed by atoms with Gasteiger partial charge in [-0.3, -0.25) is 9.59 Å². The lowest BCUT2D eigenvalue weighted by Crippen LogP contribution is -2.49. The second kappa shape index (κ2) is 8.82. The molecule has 0 saturated heterocycles. The molecule has 2 amide bonds. The lowest BCUT2D eigenvalue weighted by Gasteiger charge is -2.21. The first kappa shape index (κ1) is 19.1. The number of carbonyl (C=O) groups excluding carboxylic acids is 2. The predicted octanol–water partition coefficient (Wildman–Crippen LogP) is 4.01. The molecular formula is C22H24N2O2S. The van der Waals surface area contributed by atoms with Gasteiger partial charge in [0.15, 0.2) is 0 Å². The SMILES string of the molecule is CC(C)C(NC(=O)c1cccs1)C(=O)NCCc1cccc2ccccc12. The van der Waals surface area contributed by atoms with Gasteiger partial charge in [-0.05, 0) is 40.1 Å². The molecule has 0 aliphatic heterocycles. The topological polar surface area (TPSA) is 58.2 Å². The van der Waals surface area contributed by atoms with E-state index < -0.39 is 6.04 Å². The van der Waals surface area contributed by atoms with Crippen molar-refractivity contribution in [3.05, 3.63) is 70.4 Å². The number of nitrogens with one attached hydrogen (secondary N) is 2. The van der Waals surface area contributed by atoms with Gasteiger partial charge in [0.05, 0.1) is 4.88 Å². The summed E-state index contributed by atoms with van der Waals surface area (Å²) >= 11 is 1.37. The fourth-order valence-electron chi connectivity index (χ4n) is 3.10. The van der Waals surface area contributed by atoms with Crippen LogP contribution in [0.1, 0.15) is 29.1 Å². The third kappa shape index (κ3) is 4.74. The molecule has 2 N–H and O–H groups in total. The molecule has 1 aromatic heterocycles. The summed E-state index contributed by atoms with van der Waals surface area (Å²) in [6.45, 7) is 4.40. The van der Waals surface area contributed by atoms with Gasteiger partial charge >= 0.3 is 0 Å². The van der Waals surface area contributed by atoms with Crippen LogP contribution >= 0.6 is 11.3 Å². The third-order valence-electron chi connectivity index (χ3n) is 4.55. The Morgan fingerprint density at radius 3 is 2.52 bits per heavy atom. The van der Waals surface area contributed by atoms with E-state index in [0.29, 0.717) is 11.4 Å². The summed E-state index contributed by atoms with van der Waals surface area (Å²) in [6.07, 6.45) is 0.747. The van der Waals surface area contributed by atoms with E-state index >= 15 is 0 Å². The van der Waals surface area contributed by atoms with E-state index in [1.165, 1.54) is 27.7 Å². The second-order valence-electron chi connectivity index (χ2n) is 6.85. The summed E-state index contributed by atoms with van der Waals surface area (Å²) < 4.78 is 0. The summed E-state index contributed by atoms with van der Waals surface area (Å²) in [5, 5.41) is 10.1. The lowest BCUT2D eigenvalue weighted by molar-refractivity contribution is -0.123. The van der Waals surface area contributed by atoms with Gasteiger partial charge < -0.3 is 10.6 Å². The molecule has 1 heterocycles. The number of benzene rings is 2. The third-order valence-corrected chi connectivity index (χ3v) is 5.42. The minimum atomic E-state index is -0.549. The van der Waals surface area contributed by atoms with Gasteiger partial charge in [-0.25, -0.2) is 0 Å². The van der Waals surface area contributed by atoms with E-state index in [1.54, 1.807) is 6.07 Å². The monoisotopic (exact) mass is 380 g/mol. The molecule has 0 aliphatic carbocycles. The van der Waals surface area contributed by atoms with Gasteiger partial charge in [0, 0.05) is 6.54 Å². The standard InChI is InChI=1S/C22H24N2O2S/c1-15(2)20(24-21(25)19-11-6-14-27-19)22(26)23-13-12-17-9-5-8-16-7-3-4-10-18(16)17/h3-11,14-15,20H,12-13H2,1-2H3,(H,23,26)(H,24,25). The number of carbonyl (C=O) groups is 2. The Morgan fingerprint density at radius 2 is 1.78 bits per heavy atom. The van der Waals surface area contributed by atoms with Crippen LogP contribution in [-0.2, 0) is 11.2 Å². The van der Waals surface area contributed by atoms with Crippen molar-refractivity contribution < 1.29 is 9.59 Å². The minimum Gasteiger partial charge on any atom is -0.354 e. The average Bonchev–Trinajstić information content (AvgIpc) is 3.20. The summed E-state index contributed by atoms with van der Waals surface area (Å²) in [5.74, 6) is -0.338. The predicted molar refractivity (Wildman–Crippen MR) is 111 cm³/mol. The van der Waals surface area contributed by atoms with Crippen LogP contribution < -0.4 is 10.6 Å². The normalized spacial score (nSPS) is 12.1. The molecule has 1 unspecified atom stereocenters. The van der Waals surface area contributed by atoms with Crippen molar-refractivity contribution in [1.82, 2.24) is 10.6 Å². The van der Waals surface area contributed by atoms with Crippen LogP contribution in [0.5, 0.6) is 0 Å². The Kier molecular flexibility index (Phi) is 6.24. The Balaban J connectivity index is 1.60. The zero-order valence-corrected chi connectivity index (χ0v) is 16.4. The highest BCUT2D eigenvalue weighted by Gasteiger charge is 2.24. The molecule has 0 spiro atoms. The molecule has 4 nitrogen and oxygen atoms in total. The molecule has 5 heteroatoms. The molecule has 0 radical (unpaired) electrons. The Hall–Kier alpha value is -2.66. The number of fused-ring (bicyclic) bond motifs is 1. The van der Waals surface area contributed by atoms with Crippen molar-refractivity contribution in [3.63, 3.8) is 0 Å². The van der Waals surface area contributed by atoms with Crippen molar-refractivity contribution in [3.8, 4) is 0 Å². The first-order chi connectivity index (χ1) is 13.1. The molecule has 3 rings (SSSR count). The number of thiophene rings is 1. The zero-order chi connectivity index (χ0) is 19.2. The van der Waals surface area contributed by atoms with E-state index in [4.69, 9.17) is 0 Å². The number of hydrogen-bond donors (Lipinski definition) is 2. The first-order valence-electron chi connectivity index (χ1n) is 9.15. The van der Waals surface area contributed by atoms with Crippen molar-refractivity contribution in [2.75, 3.05) is 6.54 Å². The maximum absolute atomic E-state index is 12.6. The van der Waals surface area contributed by atoms with E-state index in [-0.39, 0.29) is 17.7 Å². The number of rotatable bonds is 7. The van der Waals surface area contributed by atoms with Crippen LogP contribution in [0.2, 0.25) is 0 Å². The zero-order valence-electron chi connectivity index (χ0n) is 15.6. The van der Waals surface area contributed by atoms with Crippen molar-refractivity contribution in [2.45, 2.75) is 26.3 Å². The van der Waals surface area contributed by atoms with Crippen molar-refractivity contribution >= 4 is 33.9 Å². The van der Waals surface area contributed by atoms with Crippen LogP contribution in [0.4, 0.5) is 0 Å². The Labute approximate surface area is 163 Å². The summed E-state index contributed by atoms with van der Waals surface area (Å²) in [4.78, 5) is 25.5. The lowest BCUT2D eigenvalue weighted by atomic mass is 10.0. The quantitative estimate of drug-likeness (QED) is 0.650. The van der Waals surface area contributed by atoms with Crippen molar-refractivity contribution in [2.24, 2.45) is 5.92 Å². The highest BCUT2D eigenvalue weighted by molar-refractivity contribution is 7.12. The molecule has 0 saturated carbocycles. The number of hydrogen-bond acceptors (Lipinski definition) is 3. The fourth-order valence-corrected chi connectivity index (χ4v) is 3.72. The largest absolute Gasteiger partial charge is 0.354 e. The fraction of sp³-hybridized carbons (Fsp3) is 0.273.